The summed E-state index contributed by atoms with van der Waals surface area (Å²) in [6.07, 6.45) is 3.82. The van der Waals surface area contributed by atoms with E-state index in [9.17, 15) is 19.2 Å². The Morgan fingerprint density at radius 3 is 2.04 bits per heavy atom. The largest absolute Gasteiger partial charge is 0.465 e. The number of anilines is 3. The Balaban J connectivity index is 1.42. The van der Waals surface area contributed by atoms with Crippen molar-refractivity contribution in [1.29, 1.82) is 0 Å². The van der Waals surface area contributed by atoms with Crippen LogP contribution in [0.1, 0.15) is 89.1 Å². The molecule has 1 atom stereocenters. The molecule has 0 bridgehead atoms. The zero-order valence-electron chi connectivity index (χ0n) is 29.9. The highest BCUT2D eigenvalue weighted by molar-refractivity contribution is 6.15. The molecule has 1 aliphatic carbocycles. The molecule has 12 heteroatoms. The van der Waals surface area contributed by atoms with Crippen LogP contribution in [0, 0.1) is 5.41 Å². The third kappa shape index (κ3) is 7.10. The molecule has 1 aromatic carbocycles. The fourth-order valence-electron chi connectivity index (χ4n) is 7.64. The molecule has 266 valence electrons. The smallest absolute Gasteiger partial charge is 0.321 e. The Labute approximate surface area is 290 Å². The van der Waals surface area contributed by atoms with E-state index in [4.69, 9.17) is 14.7 Å². The van der Waals surface area contributed by atoms with Crippen LogP contribution in [0.3, 0.4) is 0 Å². The molecule has 1 unspecified atom stereocenters. The predicted octanol–water partition coefficient (Wildman–Crippen LogP) is 4.16. The Morgan fingerprint density at radius 2 is 1.45 bits per heavy atom. The van der Waals surface area contributed by atoms with E-state index in [1.165, 1.54) is 0 Å². The van der Waals surface area contributed by atoms with Gasteiger partial charge in [-0.1, -0.05) is 43.2 Å². The highest BCUT2D eigenvalue weighted by atomic mass is 16.5. The van der Waals surface area contributed by atoms with Crippen molar-refractivity contribution >= 4 is 41.2 Å². The van der Waals surface area contributed by atoms with Crippen molar-refractivity contribution in [2.75, 3.05) is 80.2 Å². The van der Waals surface area contributed by atoms with Crippen molar-refractivity contribution in [1.82, 2.24) is 19.8 Å². The second-order valence-corrected chi connectivity index (χ2v) is 13.1. The third-order valence-electron chi connectivity index (χ3n) is 10.5. The van der Waals surface area contributed by atoms with Crippen molar-refractivity contribution in [2.24, 2.45) is 5.41 Å². The molecule has 1 saturated carbocycles. The summed E-state index contributed by atoms with van der Waals surface area (Å²) >= 11 is 0. The fourth-order valence-corrected chi connectivity index (χ4v) is 7.64. The first kappa shape index (κ1) is 36.1. The first-order chi connectivity index (χ1) is 23.7. The van der Waals surface area contributed by atoms with Crippen LogP contribution in [-0.4, -0.2) is 115 Å². The second-order valence-electron chi connectivity index (χ2n) is 13.1. The predicted molar refractivity (Wildman–Crippen MR) is 190 cm³/mol. The number of carbonyl (C=O) groups excluding carboxylic acids is 4. The number of aromatic nitrogens is 2. The first-order valence-corrected chi connectivity index (χ1v) is 18.3. The van der Waals surface area contributed by atoms with Gasteiger partial charge in [0.15, 0.2) is 0 Å². The van der Waals surface area contributed by atoms with Crippen LogP contribution in [0.4, 0.5) is 17.6 Å². The number of nitrogens with zero attached hydrogens (tertiary/aromatic N) is 7. The standard InChI is InChI=1S/C37H53N7O5/c1-6-40(7-2)31-29(30(45)27-17-12-11-13-18-27)32(39-36(38-31)41(8-3)9-4)42-23-25-43(26-24-42)33(46)28-19-16-22-44(28)34(47)37(20-14-15-21-37)35(48)49-10-5/h11-13,17-18,28H,6-10,14-16,19-26H2,1-5H3. The summed E-state index contributed by atoms with van der Waals surface area (Å²) in [5, 5.41) is 0. The van der Waals surface area contributed by atoms with E-state index in [0.29, 0.717) is 93.8 Å². The Bertz CT molecular complexity index is 1480. The van der Waals surface area contributed by atoms with Gasteiger partial charge in [-0.15, -0.1) is 0 Å². The van der Waals surface area contributed by atoms with Crippen LogP contribution >= 0.6 is 0 Å². The highest BCUT2D eigenvalue weighted by Gasteiger charge is 2.53. The van der Waals surface area contributed by atoms with Crippen LogP contribution < -0.4 is 14.7 Å². The monoisotopic (exact) mass is 675 g/mol. The van der Waals surface area contributed by atoms with Gasteiger partial charge in [0.1, 0.15) is 28.7 Å². The quantitative estimate of drug-likeness (QED) is 0.174. The van der Waals surface area contributed by atoms with Gasteiger partial charge in [-0.05, 0) is 60.3 Å². The maximum Gasteiger partial charge on any atom is 0.321 e. The van der Waals surface area contributed by atoms with Crippen molar-refractivity contribution < 1.29 is 23.9 Å². The SMILES string of the molecule is CCOC(=O)C1(C(=O)N2CCCC2C(=O)N2CCN(c3nc(N(CC)CC)nc(N(CC)CC)c3C(=O)c3ccccc3)CC2)CCCC1. The summed E-state index contributed by atoms with van der Waals surface area (Å²) in [6, 6.07) is 8.65. The number of piperazine rings is 1. The Morgan fingerprint density at radius 1 is 0.816 bits per heavy atom. The number of benzene rings is 1. The highest BCUT2D eigenvalue weighted by Crippen LogP contribution is 2.43. The van der Waals surface area contributed by atoms with Crippen molar-refractivity contribution in [3.05, 3.63) is 41.5 Å². The molecule has 2 saturated heterocycles. The van der Waals surface area contributed by atoms with Gasteiger partial charge in [0.05, 0.1) is 6.61 Å². The second kappa shape index (κ2) is 16.0. The minimum absolute atomic E-state index is 0.0848. The summed E-state index contributed by atoms with van der Waals surface area (Å²) in [4.78, 5) is 75.3. The van der Waals surface area contributed by atoms with E-state index in [1.807, 2.05) is 35.2 Å². The molecule has 0 radical (unpaired) electrons. The molecule has 2 aromatic rings. The van der Waals surface area contributed by atoms with Crippen molar-refractivity contribution in [3.8, 4) is 0 Å². The van der Waals surface area contributed by atoms with Crippen LogP contribution in [0.2, 0.25) is 0 Å². The molecule has 3 fully saturated rings. The zero-order chi connectivity index (χ0) is 35.1. The molecule has 5 rings (SSSR count). The Hall–Kier alpha value is -4.22. The number of amides is 2. The topological polar surface area (TPSA) is 119 Å². The lowest BCUT2D eigenvalue weighted by Crippen LogP contribution is -2.57. The Kier molecular flexibility index (Phi) is 11.8. The van der Waals surface area contributed by atoms with E-state index in [0.717, 1.165) is 32.4 Å². The van der Waals surface area contributed by atoms with E-state index in [2.05, 4.69) is 42.4 Å². The molecule has 3 heterocycles. The number of rotatable bonds is 13. The normalized spacial score (nSPS) is 18.8. The lowest BCUT2D eigenvalue weighted by Gasteiger charge is -2.40. The third-order valence-corrected chi connectivity index (χ3v) is 10.5. The summed E-state index contributed by atoms with van der Waals surface area (Å²) < 4.78 is 5.38. The van der Waals surface area contributed by atoms with Crippen LogP contribution in [0.25, 0.3) is 0 Å². The van der Waals surface area contributed by atoms with Gasteiger partial charge in [0, 0.05) is 64.5 Å². The van der Waals surface area contributed by atoms with Gasteiger partial charge in [0.2, 0.25) is 23.5 Å². The minimum Gasteiger partial charge on any atom is -0.465 e. The van der Waals surface area contributed by atoms with E-state index in [-0.39, 0.29) is 24.2 Å². The molecular formula is C37H53N7O5. The number of hydrogen-bond acceptors (Lipinski definition) is 10. The molecule has 2 amide bonds. The summed E-state index contributed by atoms with van der Waals surface area (Å²) in [6.45, 7) is 15.3. The number of hydrogen-bond donors (Lipinski definition) is 0. The fraction of sp³-hybridized carbons (Fsp3) is 0.622. The van der Waals surface area contributed by atoms with Gasteiger partial charge in [-0.2, -0.15) is 9.97 Å². The van der Waals surface area contributed by atoms with Gasteiger partial charge >= 0.3 is 5.97 Å². The number of likely N-dealkylation sites (tertiary alicyclic amines) is 1. The van der Waals surface area contributed by atoms with Gasteiger partial charge in [0.25, 0.3) is 0 Å². The van der Waals surface area contributed by atoms with Crippen LogP contribution in [0.5, 0.6) is 0 Å². The lowest BCUT2D eigenvalue weighted by molar-refractivity contribution is -0.167. The van der Waals surface area contributed by atoms with Gasteiger partial charge in [-0.3, -0.25) is 19.2 Å². The molecule has 0 N–H and O–H groups in total. The average molecular weight is 676 g/mol. The molecular weight excluding hydrogens is 622 g/mol. The minimum atomic E-state index is -1.18. The van der Waals surface area contributed by atoms with Crippen LogP contribution in [-0.2, 0) is 19.1 Å². The van der Waals surface area contributed by atoms with Gasteiger partial charge in [-0.25, -0.2) is 0 Å². The van der Waals surface area contributed by atoms with E-state index >= 15 is 0 Å². The number of ether oxygens (including phenoxy) is 1. The lowest BCUT2D eigenvalue weighted by atomic mass is 9.84. The maximum atomic E-state index is 14.3. The number of esters is 1. The molecule has 1 aromatic heterocycles. The van der Waals surface area contributed by atoms with E-state index < -0.39 is 17.4 Å². The summed E-state index contributed by atoms with van der Waals surface area (Å²) in [7, 11) is 0. The average Bonchev–Trinajstić information content (AvgIpc) is 3.84. The van der Waals surface area contributed by atoms with Crippen LogP contribution in [0.15, 0.2) is 30.3 Å². The summed E-state index contributed by atoms with van der Waals surface area (Å²) in [5.41, 5.74) is -0.143. The van der Waals surface area contributed by atoms with Crippen molar-refractivity contribution in [3.63, 3.8) is 0 Å². The maximum absolute atomic E-state index is 14.3. The van der Waals surface area contributed by atoms with Crippen molar-refractivity contribution in [2.45, 2.75) is 79.2 Å². The zero-order valence-corrected chi connectivity index (χ0v) is 29.9. The molecule has 0 spiro atoms. The summed E-state index contributed by atoms with van der Waals surface area (Å²) in [5.74, 6) is 0.844. The first-order valence-electron chi connectivity index (χ1n) is 18.3. The molecule has 3 aliphatic rings. The molecule has 2 aliphatic heterocycles. The number of ketones is 1. The molecule has 49 heavy (non-hydrogen) atoms. The van der Waals surface area contributed by atoms with E-state index in [1.54, 1.807) is 11.8 Å². The molecule has 12 nitrogen and oxygen atoms in total. The number of carbonyl (C=O) groups is 4. The van der Waals surface area contributed by atoms with Gasteiger partial charge < -0.3 is 29.2 Å².